The van der Waals surface area contributed by atoms with E-state index in [1.165, 1.54) is 23.5 Å². The standard InChI is InChI=1S/C20H23ClN2O5S/c1-3-13(9-20(24)25)18-5-4-6-19(22-18)16-8-7-15(10-17(16)21)29(26,27)23(2)11-14-12-28-14/h4-8,10,13-14H,3,9,11-12H2,1-2H3,(H,24,25)/t13-,14?/m0/s1. The minimum Gasteiger partial charge on any atom is -0.481 e. The van der Waals surface area contributed by atoms with Crippen molar-refractivity contribution in [3.63, 3.8) is 0 Å². The summed E-state index contributed by atoms with van der Waals surface area (Å²) in [6.07, 6.45) is 0.591. The summed E-state index contributed by atoms with van der Waals surface area (Å²) in [5.74, 6) is -1.08. The first kappa shape index (κ1) is 21.7. The van der Waals surface area contributed by atoms with Crippen molar-refractivity contribution in [2.45, 2.75) is 36.7 Å². The number of carbonyl (C=O) groups is 1. The molecule has 2 atom stereocenters. The quantitative estimate of drug-likeness (QED) is 0.602. The molecule has 9 heteroatoms. The molecule has 1 fully saturated rings. The summed E-state index contributed by atoms with van der Waals surface area (Å²) in [4.78, 5) is 15.8. The lowest BCUT2D eigenvalue weighted by Gasteiger charge is -2.17. The molecule has 29 heavy (non-hydrogen) atoms. The number of halogens is 1. The van der Waals surface area contributed by atoms with E-state index in [4.69, 9.17) is 21.4 Å². The van der Waals surface area contributed by atoms with Gasteiger partial charge in [-0.2, -0.15) is 4.31 Å². The SMILES string of the molecule is CC[C@@H](CC(=O)O)c1cccc(-c2ccc(S(=O)(=O)N(C)CC3CO3)cc2Cl)n1. The lowest BCUT2D eigenvalue weighted by atomic mass is 9.97. The zero-order chi connectivity index (χ0) is 21.2. The molecule has 1 aromatic carbocycles. The van der Waals surface area contributed by atoms with Gasteiger partial charge >= 0.3 is 5.97 Å². The van der Waals surface area contributed by atoms with Crippen LogP contribution in [0.2, 0.25) is 5.02 Å². The molecule has 2 aromatic rings. The van der Waals surface area contributed by atoms with Gasteiger partial charge in [0.2, 0.25) is 10.0 Å². The maximum atomic E-state index is 12.7. The van der Waals surface area contributed by atoms with Gasteiger partial charge in [0.25, 0.3) is 0 Å². The van der Waals surface area contributed by atoms with Crippen molar-refractivity contribution < 1.29 is 23.1 Å². The number of rotatable bonds is 9. The van der Waals surface area contributed by atoms with Crippen LogP contribution in [-0.4, -0.2) is 55.1 Å². The summed E-state index contributed by atoms with van der Waals surface area (Å²) in [6, 6.07) is 9.90. The van der Waals surface area contributed by atoms with Crippen LogP contribution in [0.3, 0.4) is 0 Å². The molecule has 1 aliphatic heterocycles. The van der Waals surface area contributed by atoms with Gasteiger partial charge in [0.1, 0.15) is 0 Å². The van der Waals surface area contributed by atoms with Crippen LogP contribution in [0.25, 0.3) is 11.3 Å². The highest BCUT2D eigenvalue weighted by molar-refractivity contribution is 7.89. The smallest absolute Gasteiger partial charge is 0.304 e. The van der Waals surface area contributed by atoms with Crippen molar-refractivity contribution in [2.24, 2.45) is 0 Å². The van der Waals surface area contributed by atoms with Gasteiger partial charge in [-0.25, -0.2) is 8.42 Å². The average Bonchev–Trinajstić information content (AvgIpc) is 3.49. The number of sulfonamides is 1. The molecule has 0 spiro atoms. The first-order valence-electron chi connectivity index (χ1n) is 9.29. The van der Waals surface area contributed by atoms with Crippen molar-refractivity contribution in [3.05, 3.63) is 47.1 Å². The molecule has 0 amide bonds. The number of hydrogen-bond acceptors (Lipinski definition) is 5. The molecular formula is C20H23ClN2O5S. The van der Waals surface area contributed by atoms with E-state index in [-0.39, 0.29) is 28.4 Å². The number of aromatic nitrogens is 1. The number of carboxylic acids is 1. The lowest BCUT2D eigenvalue weighted by molar-refractivity contribution is -0.137. The van der Waals surface area contributed by atoms with Crippen molar-refractivity contribution in [2.75, 3.05) is 20.2 Å². The summed E-state index contributed by atoms with van der Waals surface area (Å²) >= 11 is 6.40. The molecule has 7 nitrogen and oxygen atoms in total. The van der Waals surface area contributed by atoms with E-state index in [9.17, 15) is 13.2 Å². The summed E-state index contributed by atoms with van der Waals surface area (Å²) in [7, 11) is -2.16. The number of carboxylic acid groups (broad SMARTS) is 1. The van der Waals surface area contributed by atoms with Crippen LogP contribution in [0.1, 0.15) is 31.4 Å². The van der Waals surface area contributed by atoms with Gasteiger partial charge in [-0.3, -0.25) is 9.78 Å². The topological polar surface area (TPSA) is 100 Å². The highest BCUT2D eigenvalue weighted by Gasteiger charge is 2.30. The van der Waals surface area contributed by atoms with Crippen molar-refractivity contribution >= 4 is 27.6 Å². The van der Waals surface area contributed by atoms with E-state index < -0.39 is 16.0 Å². The second-order valence-electron chi connectivity index (χ2n) is 7.03. The van der Waals surface area contributed by atoms with Gasteiger partial charge in [-0.05, 0) is 36.8 Å². The van der Waals surface area contributed by atoms with E-state index >= 15 is 0 Å². The second-order valence-corrected chi connectivity index (χ2v) is 9.49. The Morgan fingerprint density at radius 2 is 2.10 bits per heavy atom. The maximum absolute atomic E-state index is 12.7. The Kier molecular flexibility index (Phi) is 6.58. The fraction of sp³-hybridized carbons (Fsp3) is 0.400. The zero-order valence-electron chi connectivity index (χ0n) is 16.2. The molecule has 0 aliphatic carbocycles. The number of benzene rings is 1. The van der Waals surface area contributed by atoms with E-state index in [0.717, 1.165) is 0 Å². The molecule has 0 bridgehead atoms. The minimum atomic E-state index is -3.67. The lowest BCUT2D eigenvalue weighted by Crippen LogP contribution is -2.30. The molecule has 0 radical (unpaired) electrons. The number of epoxide rings is 1. The zero-order valence-corrected chi connectivity index (χ0v) is 17.8. The molecule has 3 rings (SSSR count). The van der Waals surface area contributed by atoms with Gasteiger partial charge < -0.3 is 9.84 Å². The minimum absolute atomic E-state index is 0.00505. The van der Waals surface area contributed by atoms with Gasteiger partial charge in [0, 0.05) is 30.8 Å². The number of nitrogens with zero attached hydrogens (tertiary/aromatic N) is 2. The molecule has 156 valence electrons. The maximum Gasteiger partial charge on any atom is 0.304 e. The number of likely N-dealkylation sites (N-methyl/N-ethyl adjacent to an activating group) is 1. The average molecular weight is 439 g/mol. The molecular weight excluding hydrogens is 416 g/mol. The van der Waals surface area contributed by atoms with Crippen molar-refractivity contribution in [1.29, 1.82) is 0 Å². The Labute approximate surface area is 175 Å². The molecule has 2 heterocycles. The first-order chi connectivity index (χ1) is 13.7. The van der Waals surface area contributed by atoms with Gasteiger partial charge in [-0.15, -0.1) is 0 Å². The summed E-state index contributed by atoms with van der Waals surface area (Å²) in [5, 5.41) is 9.36. The van der Waals surface area contributed by atoms with Gasteiger partial charge in [0.05, 0.1) is 34.7 Å². The monoisotopic (exact) mass is 438 g/mol. The van der Waals surface area contributed by atoms with Crippen LogP contribution in [0.5, 0.6) is 0 Å². The largest absolute Gasteiger partial charge is 0.481 e. The molecule has 1 N–H and O–H groups in total. The Bertz CT molecular complexity index is 1010. The molecule has 0 saturated carbocycles. The van der Waals surface area contributed by atoms with E-state index in [1.54, 1.807) is 24.3 Å². The number of ether oxygens (including phenoxy) is 1. The molecule has 1 aromatic heterocycles. The van der Waals surface area contributed by atoms with Gasteiger partial charge in [-0.1, -0.05) is 24.6 Å². The normalized spacial score (nSPS) is 17.3. The summed E-state index contributed by atoms with van der Waals surface area (Å²) in [5.41, 5.74) is 1.83. The third-order valence-electron chi connectivity index (χ3n) is 4.89. The van der Waals surface area contributed by atoms with Crippen molar-refractivity contribution in [3.8, 4) is 11.3 Å². The van der Waals surface area contributed by atoms with Crippen LogP contribution in [0.15, 0.2) is 41.3 Å². The number of pyridine rings is 1. The van der Waals surface area contributed by atoms with E-state index in [1.807, 2.05) is 6.92 Å². The summed E-state index contributed by atoms with van der Waals surface area (Å²) < 4.78 is 31.8. The Hall–Kier alpha value is -2.00. The van der Waals surface area contributed by atoms with E-state index in [0.29, 0.717) is 36.5 Å². The van der Waals surface area contributed by atoms with Crippen LogP contribution in [0, 0.1) is 0 Å². The van der Waals surface area contributed by atoms with Gasteiger partial charge in [0.15, 0.2) is 0 Å². The highest BCUT2D eigenvalue weighted by Crippen LogP contribution is 2.32. The van der Waals surface area contributed by atoms with Crippen LogP contribution >= 0.6 is 11.6 Å². The highest BCUT2D eigenvalue weighted by atomic mass is 35.5. The fourth-order valence-corrected chi connectivity index (χ4v) is 4.67. The predicted octanol–water partition coefficient (Wildman–Crippen LogP) is 3.39. The van der Waals surface area contributed by atoms with Crippen LogP contribution < -0.4 is 0 Å². The Balaban J connectivity index is 1.88. The summed E-state index contributed by atoms with van der Waals surface area (Å²) in [6.45, 7) is 2.78. The fourth-order valence-electron chi connectivity index (χ4n) is 3.10. The third kappa shape index (κ3) is 5.14. The van der Waals surface area contributed by atoms with E-state index in [2.05, 4.69) is 4.98 Å². The number of hydrogen-bond donors (Lipinski definition) is 1. The molecule has 1 unspecified atom stereocenters. The predicted molar refractivity (Wildman–Crippen MR) is 110 cm³/mol. The molecule has 1 saturated heterocycles. The van der Waals surface area contributed by atoms with Crippen LogP contribution in [0.4, 0.5) is 0 Å². The molecule has 1 aliphatic rings. The first-order valence-corrected chi connectivity index (χ1v) is 11.1. The number of aliphatic carboxylic acids is 1. The van der Waals surface area contributed by atoms with Crippen molar-refractivity contribution in [1.82, 2.24) is 9.29 Å². The third-order valence-corrected chi connectivity index (χ3v) is 7.02. The Morgan fingerprint density at radius 1 is 1.38 bits per heavy atom. The second kappa shape index (κ2) is 8.79. The Morgan fingerprint density at radius 3 is 2.69 bits per heavy atom. The van der Waals surface area contributed by atoms with Crippen LogP contribution in [-0.2, 0) is 19.6 Å².